The molecule has 0 fully saturated rings. The Kier molecular flexibility index (Phi) is 11.5. The van der Waals surface area contributed by atoms with Crippen molar-refractivity contribution in [2.24, 2.45) is 0 Å². The first-order valence-electron chi connectivity index (χ1n) is 14.1. The number of amides is 2. The number of benzene rings is 3. The van der Waals surface area contributed by atoms with E-state index in [9.17, 15) is 29.6 Å². The van der Waals surface area contributed by atoms with Crippen molar-refractivity contribution < 1.29 is 48.1 Å². The van der Waals surface area contributed by atoms with Crippen LogP contribution in [0.25, 0.3) is 11.1 Å². The molecule has 0 saturated carbocycles. The number of hydrogen-bond acceptors (Lipinski definition) is 10. The number of carboxylic acids is 1. The van der Waals surface area contributed by atoms with Gasteiger partial charge in [-0.3, -0.25) is 10.1 Å². The molecule has 0 radical (unpaired) electrons. The Morgan fingerprint density at radius 3 is 2.30 bits per heavy atom. The van der Waals surface area contributed by atoms with Gasteiger partial charge < -0.3 is 39.4 Å². The summed E-state index contributed by atoms with van der Waals surface area (Å²) in [7, 11) is 1.34. The van der Waals surface area contributed by atoms with Crippen LogP contribution in [0.3, 0.4) is 0 Å². The SMILES string of the molecule is C=CCOC(=O)NCCOc1cc([N+](=O)[O-])c(COC[C@H](NC(=O)OCC2c3ccccc3-c3ccccc32)C(=O)O)cc1OC. The molecule has 0 unspecified atom stereocenters. The number of carboxylic acid groups (broad SMARTS) is 1. The lowest BCUT2D eigenvalue weighted by Gasteiger charge is -2.18. The maximum Gasteiger partial charge on any atom is 0.407 e. The molecular formula is C32H33N3O11. The molecule has 3 aromatic carbocycles. The zero-order valence-electron chi connectivity index (χ0n) is 24.9. The largest absolute Gasteiger partial charge is 0.493 e. The monoisotopic (exact) mass is 635 g/mol. The van der Waals surface area contributed by atoms with Gasteiger partial charge in [0.15, 0.2) is 17.5 Å². The number of alkyl carbamates (subject to hydrolysis) is 2. The number of nitro groups is 1. The van der Waals surface area contributed by atoms with Crippen molar-refractivity contribution in [2.45, 2.75) is 18.6 Å². The molecule has 0 aliphatic heterocycles. The second kappa shape index (κ2) is 15.9. The summed E-state index contributed by atoms with van der Waals surface area (Å²) in [6, 6.07) is 16.6. The molecule has 46 heavy (non-hydrogen) atoms. The number of aliphatic carboxylic acids is 1. The van der Waals surface area contributed by atoms with Gasteiger partial charge in [0.05, 0.1) is 43.4 Å². The van der Waals surface area contributed by atoms with E-state index in [1.807, 2.05) is 48.5 Å². The highest BCUT2D eigenvalue weighted by Gasteiger charge is 2.30. The molecule has 1 aliphatic carbocycles. The molecule has 3 N–H and O–H groups in total. The first-order valence-corrected chi connectivity index (χ1v) is 14.1. The van der Waals surface area contributed by atoms with Gasteiger partial charge in [-0.05, 0) is 28.3 Å². The van der Waals surface area contributed by atoms with Gasteiger partial charge in [0.2, 0.25) is 0 Å². The molecule has 242 valence electrons. The number of methoxy groups -OCH3 is 1. The van der Waals surface area contributed by atoms with Crippen molar-refractivity contribution in [1.29, 1.82) is 0 Å². The fourth-order valence-electron chi connectivity index (χ4n) is 4.89. The van der Waals surface area contributed by atoms with Crippen LogP contribution in [0.5, 0.6) is 11.5 Å². The number of nitro benzene ring substituents is 1. The van der Waals surface area contributed by atoms with Crippen LogP contribution in [0, 0.1) is 10.1 Å². The average molecular weight is 636 g/mol. The van der Waals surface area contributed by atoms with Gasteiger partial charge in [-0.1, -0.05) is 61.2 Å². The third-order valence-electron chi connectivity index (χ3n) is 7.00. The maximum absolute atomic E-state index is 12.6. The van der Waals surface area contributed by atoms with Gasteiger partial charge in [-0.25, -0.2) is 14.4 Å². The lowest BCUT2D eigenvalue weighted by Crippen LogP contribution is -2.44. The molecule has 0 aromatic heterocycles. The summed E-state index contributed by atoms with van der Waals surface area (Å²) in [5.74, 6) is -1.41. The Morgan fingerprint density at radius 2 is 1.70 bits per heavy atom. The normalized spacial score (nSPS) is 12.2. The molecule has 2 amide bonds. The van der Waals surface area contributed by atoms with Crippen molar-refractivity contribution in [1.82, 2.24) is 10.6 Å². The highest BCUT2D eigenvalue weighted by molar-refractivity contribution is 5.81. The Hall–Kier alpha value is -5.63. The van der Waals surface area contributed by atoms with Crippen LogP contribution in [0.4, 0.5) is 15.3 Å². The van der Waals surface area contributed by atoms with E-state index in [2.05, 4.69) is 17.2 Å². The Bertz CT molecular complexity index is 1550. The van der Waals surface area contributed by atoms with Crippen LogP contribution in [0.15, 0.2) is 73.3 Å². The van der Waals surface area contributed by atoms with Gasteiger partial charge in [-0.2, -0.15) is 0 Å². The minimum absolute atomic E-state index is 0.0110. The molecule has 3 aromatic rings. The molecule has 14 nitrogen and oxygen atoms in total. The van der Waals surface area contributed by atoms with Gasteiger partial charge in [0, 0.05) is 5.92 Å². The lowest BCUT2D eigenvalue weighted by atomic mass is 9.98. The zero-order chi connectivity index (χ0) is 33.1. The van der Waals surface area contributed by atoms with Crippen molar-refractivity contribution in [3.05, 3.63) is 100 Å². The predicted octanol–water partition coefficient (Wildman–Crippen LogP) is 4.40. The van der Waals surface area contributed by atoms with E-state index in [4.69, 9.17) is 23.7 Å². The molecule has 0 spiro atoms. The number of ether oxygens (including phenoxy) is 5. The number of hydrogen-bond donors (Lipinski definition) is 3. The Morgan fingerprint density at radius 1 is 1.02 bits per heavy atom. The summed E-state index contributed by atoms with van der Waals surface area (Å²) in [6.45, 7) is 2.58. The van der Waals surface area contributed by atoms with E-state index < -0.39 is 35.7 Å². The van der Waals surface area contributed by atoms with E-state index in [-0.39, 0.29) is 61.6 Å². The summed E-state index contributed by atoms with van der Waals surface area (Å²) in [5.41, 5.74) is 3.81. The number of nitrogens with one attached hydrogen (secondary N) is 2. The van der Waals surface area contributed by atoms with Crippen molar-refractivity contribution in [3.63, 3.8) is 0 Å². The quantitative estimate of drug-likeness (QED) is 0.0877. The smallest absolute Gasteiger partial charge is 0.407 e. The molecule has 1 aliphatic rings. The molecular weight excluding hydrogens is 602 g/mol. The summed E-state index contributed by atoms with van der Waals surface area (Å²) in [6.07, 6.45) is -0.217. The van der Waals surface area contributed by atoms with E-state index in [0.29, 0.717) is 0 Å². The maximum atomic E-state index is 12.6. The number of nitrogens with zero attached hydrogens (tertiary/aromatic N) is 1. The second-order valence-electron chi connectivity index (χ2n) is 9.93. The standard InChI is InChI=1S/C32H33N3O11/c1-3-13-45-31(38)33-12-14-44-29-16-27(35(40)41)20(15-28(29)42-2)17-43-19-26(30(36)37)34-32(39)46-18-25-23-10-6-4-8-21(23)22-9-5-7-11-24(22)25/h3-11,15-16,25-26H,1,12-14,17-19H2,2H3,(H,33,38)(H,34,39)(H,36,37)/t26-/m0/s1. The number of carbonyl (C=O) groups excluding carboxylic acids is 2. The van der Waals surface area contributed by atoms with Crippen LogP contribution >= 0.6 is 0 Å². The molecule has 0 bridgehead atoms. The molecule has 0 heterocycles. The summed E-state index contributed by atoms with van der Waals surface area (Å²) < 4.78 is 26.5. The van der Waals surface area contributed by atoms with Crippen LogP contribution in [-0.2, 0) is 25.6 Å². The fourth-order valence-corrected chi connectivity index (χ4v) is 4.89. The molecule has 0 saturated heterocycles. The summed E-state index contributed by atoms with van der Waals surface area (Å²) in [5, 5.41) is 26.2. The average Bonchev–Trinajstić information content (AvgIpc) is 3.37. The van der Waals surface area contributed by atoms with E-state index in [1.54, 1.807) is 0 Å². The van der Waals surface area contributed by atoms with Crippen molar-refractivity contribution >= 4 is 23.8 Å². The van der Waals surface area contributed by atoms with Crippen LogP contribution in [-0.4, -0.2) is 74.3 Å². The number of rotatable bonds is 16. The van der Waals surface area contributed by atoms with Gasteiger partial charge in [0.1, 0.15) is 19.8 Å². The van der Waals surface area contributed by atoms with Crippen molar-refractivity contribution in [3.8, 4) is 22.6 Å². The van der Waals surface area contributed by atoms with E-state index >= 15 is 0 Å². The summed E-state index contributed by atoms with van der Waals surface area (Å²) in [4.78, 5) is 47.1. The highest BCUT2D eigenvalue weighted by atomic mass is 16.6. The van der Waals surface area contributed by atoms with Gasteiger partial charge >= 0.3 is 18.2 Å². The Balaban J connectivity index is 1.32. The van der Waals surface area contributed by atoms with Crippen LogP contribution < -0.4 is 20.1 Å². The molecule has 1 atom stereocenters. The third kappa shape index (κ3) is 8.30. The predicted molar refractivity (Wildman–Crippen MR) is 164 cm³/mol. The van der Waals surface area contributed by atoms with Gasteiger partial charge in [-0.15, -0.1) is 0 Å². The number of fused-ring (bicyclic) bond motifs is 3. The minimum Gasteiger partial charge on any atom is -0.493 e. The van der Waals surface area contributed by atoms with E-state index in [0.717, 1.165) is 28.3 Å². The third-order valence-corrected chi connectivity index (χ3v) is 7.00. The van der Waals surface area contributed by atoms with Crippen LogP contribution in [0.2, 0.25) is 0 Å². The van der Waals surface area contributed by atoms with Crippen LogP contribution in [0.1, 0.15) is 22.6 Å². The molecule has 14 heteroatoms. The zero-order valence-corrected chi connectivity index (χ0v) is 24.9. The number of carbonyl (C=O) groups is 3. The lowest BCUT2D eigenvalue weighted by molar-refractivity contribution is -0.386. The highest BCUT2D eigenvalue weighted by Crippen LogP contribution is 2.44. The second-order valence-corrected chi connectivity index (χ2v) is 9.93. The van der Waals surface area contributed by atoms with Gasteiger partial charge in [0.25, 0.3) is 5.69 Å². The van der Waals surface area contributed by atoms with E-state index in [1.165, 1.54) is 19.3 Å². The first-order chi connectivity index (χ1) is 22.2. The fraction of sp³-hybridized carbons (Fsp3) is 0.281. The summed E-state index contributed by atoms with van der Waals surface area (Å²) >= 11 is 0. The molecule has 4 rings (SSSR count). The minimum atomic E-state index is -1.50. The van der Waals surface area contributed by atoms with Crippen molar-refractivity contribution in [2.75, 3.05) is 40.1 Å². The Labute approximate surface area is 264 Å². The first kappa shape index (κ1) is 33.3. The topological polar surface area (TPSA) is 185 Å².